The molecule has 108 valence electrons. The number of nitrogens with zero attached hydrogens (tertiary/aromatic N) is 2. The molecule has 3 nitrogen and oxygen atoms in total. The average Bonchev–Trinajstić information content (AvgIpc) is 2.74. The van der Waals surface area contributed by atoms with Crippen LogP contribution >= 0.6 is 0 Å². The van der Waals surface area contributed by atoms with E-state index in [0.29, 0.717) is 29.7 Å². The molecule has 3 aromatic rings. The summed E-state index contributed by atoms with van der Waals surface area (Å²) in [4.78, 5) is 4.25. The van der Waals surface area contributed by atoms with Gasteiger partial charge >= 0.3 is 0 Å². The molecular formula is C15H12F3N3. The Kier molecular flexibility index (Phi) is 3.17. The number of aromatic nitrogens is 2. The molecule has 0 saturated heterocycles. The molecule has 0 bridgehead atoms. The minimum absolute atomic E-state index is 0.106. The lowest BCUT2D eigenvalue weighted by molar-refractivity contribution is 0.546. The molecule has 3 rings (SSSR count). The predicted octanol–water partition coefficient (Wildman–Crippen LogP) is 3.12. The van der Waals surface area contributed by atoms with Gasteiger partial charge < -0.3 is 10.3 Å². The van der Waals surface area contributed by atoms with Crippen LogP contribution in [0, 0.1) is 17.5 Å². The van der Waals surface area contributed by atoms with Crippen LogP contribution in [0.2, 0.25) is 0 Å². The Labute approximate surface area is 118 Å². The number of imidazole rings is 1. The molecule has 0 spiro atoms. The van der Waals surface area contributed by atoms with E-state index < -0.39 is 17.5 Å². The maximum atomic E-state index is 13.9. The first-order valence-electron chi connectivity index (χ1n) is 6.31. The van der Waals surface area contributed by atoms with Crippen LogP contribution in [0.5, 0.6) is 0 Å². The summed E-state index contributed by atoms with van der Waals surface area (Å²) in [6, 6.07) is 6.66. The molecular weight excluding hydrogens is 279 g/mol. The third-order valence-corrected chi connectivity index (χ3v) is 3.41. The molecule has 0 atom stereocenters. The van der Waals surface area contributed by atoms with Gasteiger partial charge in [-0.05, 0) is 17.7 Å². The predicted molar refractivity (Wildman–Crippen MR) is 73.9 cm³/mol. The summed E-state index contributed by atoms with van der Waals surface area (Å²) in [7, 11) is 1.65. The highest BCUT2D eigenvalue weighted by molar-refractivity contribution is 5.81. The van der Waals surface area contributed by atoms with Gasteiger partial charge in [-0.3, -0.25) is 0 Å². The Bertz CT molecular complexity index is 817. The summed E-state index contributed by atoms with van der Waals surface area (Å²) in [5.41, 5.74) is 7.39. The van der Waals surface area contributed by atoms with Gasteiger partial charge in [-0.25, -0.2) is 18.2 Å². The molecule has 0 fully saturated rings. The normalized spacial score (nSPS) is 11.3. The fraction of sp³-hybridized carbons (Fsp3) is 0.133. The molecule has 0 aliphatic carbocycles. The third-order valence-electron chi connectivity index (χ3n) is 3.41. The highest BCUT2D eigenvalue weighted by Gasteiger charge is 2.19. The van der Waals surface area contributed by atoms with Gasteiger partial charge in [0.2, 0.25) is 0 Å². The van der Waals surface area contributed by atoms with Gasteiger partial charge in [-0.1, -0.05) is 6.07 Å². The van der Waals surface area contributed by atoms with Crippen molar-refractivity contribution in [1.29, 1.82) is 0 Å². The quantitative estimate of drug-likeness (QED) is 0.788. The Morgan fingerprint density at radius 3 is 2.38 bits per heavy atom. The lowest BCUT2D eigenvalue weighted by Gasteiger charge is -2.05. The van der Waals surface area contributed by atoms with Crippen molar-refractivity contribution in [2.24, 2.45) is 12.8 Å². The molecule has 6 heteroatoms. The summed E-state index contributed by atoms with van der Waals surface area (Å²) in [6.45, 7) is 0.348. The number of hydrogen-bond acceptors (Lipinski definition) is 2. The second-order valence-corrected chi connectivity index (χ2v) is 4.77. The van der Waals surface area contributed by atoms with E-state index in [4.69, 9.17) is 5.73 Å². The minimum Gasteiger partial charge on any atom is -0.327 e. The maximum absolute atomic E-state index is 13.9. The van der Waals surface area contributed by atoms with E-state index in [1.807, 2.05) is 6.07 Å². The zero-order valence-corrected chi connectivity index (χ0v) is 11.2. The van der Waals surface area contributed by atoms with Crippen LogP contribution in [0.3, 0.4) is 0 Å². The molecule has 21 heavy (non-hydrogen) atoms. The SMILES string of the molecule is Cn1c(-c2c(F)cc(F)cc2F)nc2cc(CN)ccc21. The van der Waals surface area contributed by atoms with E-state index >= 15 is 0 Å². The minimum atomic E-state index is -0.982. The van der Waals surface area contributed by atoms with Crippen LogP contribution in [0.15, 0.2) is 30.3 Å². The second kappa shape index (κ2) is 4.89. The van der Waals surface area contributed by atoms with Crippen molar-refractivity contribution in [3.05, 3.63) is 53.3 Å². The Balaban J connectivity index is 2.28. The largest absolute Gasteiger partial charge is 0.327 e. The van der Waals surface area contributed by atoms with E-state index in [0.717, 1.165) is 5.56 Å². The Morgan fingerprint density at radius 2 is 1.76 bits per heavy atom. The van der Waals surface area contributed by atoms with Crippen LogP contribution < -0.4 is 5.73 Å². The lowest BCUT2D eigenvalue weighted by atomic mass is 10.2. The first-order valence-corrected chi connectivity index (χ1v) is 6.31. The first kappa shape index (κ1) is 13.6. The van der Waals surface area contributed by atoms with E-state index in [-0.39, 0.29) is 11.4 Å². The standard InChI is InChI=1S/C15H12F3N3/c1-21-13-3-2-8(7-19)4-12(13)20-15(21)14-10(17)5-9(16)6-11(14)18/h2-6H,7,19H2,1H3. The van der Waals surface area contributed by atoms with Crippen molar-refractivity contribution < 1.29 is 13.2 Å². The lowest BCUT2D eigenvalue weighted by Crippen LogP contribution is -1.99. The summed E-state index contributed by atoms with van der Waals surface area (Å²) >= 11 is 0. The smallest absolute Gasteiger partial charge is 0.146 e. The zero-order chi connectivity index (χ0) is 15.1. The van der Waals surface area contributed by atoms with Gasteiger partial charge in [-0.2, -0.15) is 0 Å². The van der Waals surface area contributed by atoms with Crippen molar-refractivity contribution >= 4 is 11.0 Å². The fourth-order valence-corrected chi connectivity index (χ4v) is 2.35. The molecule has 1 aromatic heterocycles. The molecule has 0 saturated carbocycles. The number of rotatable bonds is 2. The van der Waals surface area contributed by atoms with Gasteiger partial charge in [0.1, 0.15) is 23.3 Å². The molecule has 0 amide bonds. The van der Waals surface area contributed by atoms with Crippen molar-refractivity contribution in [3.8, 4) is 11.4 Å². The van der Waals surface area contributed by atoms with Crippen LogP contribution in [0.25, 0.3) is 22.4 Å². The number of hydrogen-bond donors (Lipinski definition) is 1. The molecule has 0 unspecified atom stereocenters. The van der Waals surface area contributed by atoms with Crippen molar-refractivity contribution in [2.45, 2.75) is 6.54 Å². The monoisotopic (exact) mass is 291 g/mol. The van der Waals surface area contributed by atoms with Crippen LogP contribution in [0.4, 0.5) is 13.2 Å². The Hall–Kier alpha value is -2.34. The number of nitrogens with two attached hydrogens (primary N) is 1. The number of halogens is 3. The molecule has 0 aliphatic rings. The number of fused-ring (bicyclic) bond motifs is 1. The van der Waals surface area contributed by atoms with Gasteiger partial charge in [0, 0.05) is 25.7 Å². The van der Waals surface area contributed by atoms with E-state index in [2.05, 4.69) is 4.98 Å². The van der Waals surface area contributed by atoms with Crippen molar-refractivity contribution in [2.75, 3.05) is 0 Å². The van der Waals surface area contributed by atoms with Gasteiger partial charge in [0.25, 0.3) is 0 Å². The average molecular weight is 291 g/mol. The molecule has 2 N–H and O–H groups in total. The fourth-order valence-electron chi connectivity index (χ4n) is 2.35. The summed E-state index contributed by atoms with van der Waals surface area (Å²) < 4.78 is 42.4. The van der Waals surface area contributed by atoms with Crippen LogP contribution in [-0.4, -0.2) is 9.55 Å². The number of aryl methyl sites for hydroxylation is 1. The molecule has 1 heterocycles. The second-order valence-electron chi connectivity index (χ2n) is 4.77. The topological polar surface area (TPSA) is 43.8 Å². The first-order chi connectivity index (χ1) is 10.0. The van der Waals surface area contributed by atoms with Crippen molar-refractivity contribution in [3.63, 3.8) is 0 Å². The Morgan fingerprint density at radius 1 is 1.10 bits per heavy atom. The molecule has 0 radical (unpaired) electrons. The third kappa shape index (κ3) is 2.17. The van der Waals surface area contributed by atoms with E-state index in [1.165, 1.54) is 0 Å². The number of benzene rings is 2. The van der Waals surface area contributed by atoms with Crippen LogP contribution in [0.1, 0.15) is 5.56 Å². The summed E-state index contributed by atoms with van der Waals surface area (Å²) in [5, 5.41) is 0. The van der Waals surface area contributed by atoms with Gasteiger partial charge in [0.15, 0.2) is 0 Å². The van der Waals surface area contributed by atoms with Crippen molar-refractivity contribution in [1.82, 2.24) is 9.55 Å². The zero-order valence-electron chi connectivity index (χ0n) is 11.2. The summed E-state index contributed by atoms with van der Waals surface area (Å²) in [5.74, 6) is -2.82. The molecule has 0 aliphatic heterocycles. The van der Waals surface area contributed by atoms with E-state index in [1.54, 1.807) is 23.7 Å². The van der Waals surface area contributed by atoms with Gasteiger partial charge in [-0.15, -0.1) is 0 Å². The van der Waals surface area contributed by atoms with E-state index in [9.17, 15) is 13.2 Å². The van der Waals surface area contributed by atoms with Gasteiger partial charge in [0.05, 0.1) is 16.6 Å². The highest BCUT2D eigenvalue weighted by atomic mass is 19.1. The maximum Gasteiger partial charge on any atom is 0.146 e. The van der Waals surface area contributed by atoms with Crippen LogP contribution in [-0.2, 0) is 13.6 Å². The molecule has 2 aromatic carbocycles. The highest BCUT2D eigenvalue weighted by Crippen LogP contribution is 2.29. The summed E-state index contributed by atoms with van der Waals surface area (Å²) in [6.07, 6.45) is 0.